The molecular formula is C28H36F3IN3O3S-. The average molecular weight is 679 g/mol. The van der Waals surface area contributed by atoms with Gasteiger partial charge in [-0.1, -0.05) is 0 Å². The second kappa shape index (κ2) is 12.4. The Hall–Kier alpha value is -1.73. The number of sulfone groups is 1. The number of rotatable bonds is 8. The van der Waals surface area contributed by atoms with E-state index in [1.54, 1.807) is 29.4 Å². The number of pyridine rings is 1. The van der Waals surface area contributed by atoms with Gasteiger partial charge in [0, 0.05) is 0 Å². The molecule has 1 atom stereocenters. The van der Waals surface area contributed by atoms with Crippen LogP contribution in [0.2, 0.25) is 0 Å². The number of nitrogens with zero attached hydrogens (tertiary/aromatic N) is 2. The Morgan fingerprint density at radius 3 is 2.54 bits per heavy atom. The number of amides is 1. The normalized spacial score (nSPS) is 24.4. The third-order valence-electron chi connectivity index (χ3n) is 7.77. The molecule has 0 bridgehead atoms. The van der Waals surface area contributed by atoms with E-state index in [4.69, 9.17) is 0 Å². The second-order valence-electron chi connectivity index (χ2n) is 10.9. The third kappa shape index (κ3) is 7.32. The molecule has 1 aliphatic carbocycles. The second-order valence-corrected chi connectivity index (χ2v) is 15.1. The Balaban J connectivity index is 1.37. The van der Waals surface area contributed by atoms with Crippen LogP contribution in [0.15, 0.2) is 43.1 Å². The Morgan fingerprint density at radius 1 is 1.18 bits per heavy atom. The minimum atomic E-state index is -4.10. The van der Waals surface area contributed by atoms with E-state index in [-0.39, 0.29) is 42.4 Å². The number of fused-ring (bicyclic) bond motifs is 1. The van der Waals surface area contributed by atoms with Crippen molar-refractivity contribution in [2.45, 2.75) is 65.2 Å². The first-order chi connectivity index (χ1) is 18.4. The zero-order valence-electron chi connectivity index (χ0n) is 22.5. The van der Waals surface area contributed by atoms with E-state index in [1.165, 1.54) is 0 Å². The molecule has 0 spiro atoms. The summed E-state index contributed by atoms with van der Waals surface area (Å²) < 4.78 is 67.4. The number of halogens is 4. The van der Waals surface area contributed by atoms with Gasteiger partial charge in [0.05, 0.1) is 5.92 Å². The van der Waals surface area contributed by atoms with Crippen molar-refractivity contribution in [2.24, 2.45) is 17.8 Å². The van der Waals surface area contributed by atoms with Gasteiger partial charge in [0.15, 0.2) is 0 Å². The molecule has 0 unspecified atom stereocenters. The topological polar surface area (TPSA) is 79.4 Å². The molecule has 2 aliphatic heterocycles. The monoisotopic (exact) mass is 678 g/mol. The van der Waals surface area contributed by atoms with Crippen molar-refractivity contribution in [3.05, 3.63) is 59.9 Å². The molecule has 6 nitrogen and oxygen atoms in total. The van der Waals surface area contributed by atoms with Crippen molar-refractivity contribution >= 4 is 15.7 Å². The quantitative estimate of drug-likeness (QED) is 0.428. The van der Waals surface area contributed by atoms with E-state index in [2.05, 4.69) is 29.0 Å². The van der Waals surface area contributed by atoms with E-state index >= 15 is 0 Å². The van der Waals surface area contributed by atoms with Crippen LogP contribution < -0.4 is 26.5 Å². The first-order valence-corrected chi connectivity index (χ1v) is 17.5. The van der Waals surface area contributed by atoms with Gasteiger partial charge < -0.3 is 0 Å². The van der Waals surface area contributed by atoms with Crippen molar-refractivity contribution in [3.63, 3.8) is 0 Å². The Bertz CT molecular complexity index is 1270. The van der Waals surface area contributed by atoms with Gasteiger partial charge in [-0.05, 0) is 25.7 Å². The Labute approximate surface area is 239 Å². The van der Waals surface area contributed by atoms with E-state index in [0.29, 0.717) is 36.4 Å². The van der Waals surface area contributed by atoms with Crippen LogP contribution >= 0.6 is 0 Å². The molecule has 4 rings (SSSR count). The summed E-state index contributed by atoms with van der Waals surface area (Å²) in [4.78, 5) is 20.3. The number of hydrogen-bond donors (Lipinski definition) is 1. The van der Waals surface area contributed by atoms with Crippen LogP contribution in [-0.4, -0.2) is 49.2 Å². The fourth-order valence-corrected chi connectivity index (χ4v) is 9.49. The molecule has 11 heteroatoms. The summed E-state index contributed by atoms with van der Waals surface area (Å²) in [6, 6.07) is 1.95. The predicted molar refractivity (Wildman–Crippen MR) is 141 cm³/mol. The standard InChI is InChI=1S/C28H36F3IN3O3S/c1-4-39(37,38)24-10-7-20(12-32-13-24)14-34-27(36)21-11-22-17-35(26(18(2)3)25(22)33-15-21)16-19-5-8-23(9-6-19)28(29,30)31/h7,10-13,15,18-19,23,26H,4-6,8-9,14,16-17H2,1-3H3,(H,34,36)/q-1/t19?,23?,26-/m0/s1. The number of nitrogens with one attached hydrogen (secondary N) is 1. The summed E-state index contributed by atoms with van der Waals surface area (Å²) in [6.07, 6.45) is 2.41. The number of hydrogen-bond acceptors (Lipinski definition) is 5. The van der Waals surface area contributed by atoms with Gasteiger partial charge in [-0.3, -0.25) is 0 Å². The van der Waals surface area contributed by atoms with Gasteiger partial charge in [0.1, 0.15) is 0 Å². The molecule has 39 heavy (non-hydrogen) atoms. The van der Waals surface area contributed by atoms with Crippen LogP contribution in [0.25, 0.3) is 0 Å². The number of carbonyl (C=O) groups excluding carboxylic acids is 1. The fraction of sp³-hybridized carbons (Fsp3) is 0.571. The molecule has 1 aromatic rings. The molecule has 1 N–H and O–H groups in total. The van der Waals surface area contributed by atoms with Crippen LogP contribution in [0.4, 0.5) is 13.2 Å². The van der Waals surface area contributed by atoms with Crippen LogP contribution in [0.5, 0.6) is 0 Å². The third-order valence-corrected chi connectivity index (χ3v) is 12.1. The SMILES string of the molecule is CCS(=O)(=O)C1=C[I-]C=C(CNC(=O)c2cnc3c(c2)CN(CC2CCC(C(F)(F)F)CC2)[C@H]3C(C)C)C=C1. The minimum absolute atomic E-state index is 0.0542. The molecule has 1 aromatic heterocycles. The van der Waals surface area contributed by atoms with Gasteiger partial charge in [-0.15, -0.1) is 0 Å². The summed E-state index contributed by atoms with van der Waals surface area (Å²) in [5.41, 5.74) is 3.27. The fourth-order valence-electron chi connectivity index (χ4n) is 5.60. The van der Waals surface area contributed by atoms with Crippen LogP contribution in [-0.2, 0) is 16.4 Å². The summed E-state index contributed by atoms with van der Waals surface area (Å²) in [5, 5.41) is 2.92. The number of alkyl halides is 3. The zero-order valence-corrected chi connectivity index (χ0v) is 25.4. The number of allylic oxidation sites excluding steroid dienone is 1. The number of carbonyl (C=O) groups is 1. The Morgan fingerprint density at radius 2 is 1.90 bits per heavy atom. The maximum absolute atomic E-state index is 13.1. The van der Waals surface area contributed by atoms with E-state index in [0.717, 1.165) is 23.4 Å². The summed E-state index contributed by atoms with van der Waals surface area (Å²) >= 11 is -0.581. The van der Waals surface area contributed by atoms with Gasteiger partial charge in [0.25, 0.3) is 0 Å². The van der Waals surface area contributed by atoms with Crippen molar-refractivity contribution in [1.82, 2.24) is 15.2 Å². The van der Waals surface area contributed by atoms with E-state index < -0.39 is 43.1 Å². The van der Waals surface area contributed by atoms with Gasteiger partial charge in [0.2, 0.25) is 0 Å². The molecule has 1 amide bonds. The number of aromatic nitrogens is 1. The van der Waals surface area contributed by atoms with Crippen molar-refractivity contribution in [2.75, 3.05) is 18.8 Å². The van der Waals surface area contributed by atoms with Crippen LogP contribution in [0.3, 0.4) is 0 Å². The first kappa shape index (κ1) is 30.2. The molecule has 0 aromatic carbocycles. The van der Waals surface area contributed by atoms with Crippen LogP contribution in [0.1, 0.15) is 74.1 Å². The molecule has 3 heterocycles. The van der Waals surface area contributed by atoms with Crippen LogP contribution in [0, 0.1) is 17.8 Å². The molecule has 216 valence electrons. The molecular weight excluding hydrogens is 642 g/mol. The van der Waals surface area contributed by atoms with Gasteiger partial charge >= 0.3 is 195 Å². The molecule has 3 aliphatic rings. The molecule has 1 fully saturated rings. The predicted octanol–water partition coefficient (Wildman–Crippen LogP) is 2.51. The average Bonchev–Trinajstić information content (AvgIpc) is 3.06. The first-order valence-electron chi connectivity index (χ1n) is 13.4. The zero-order chi connectivity index (χ0) is 28.4. The van der Waals surface area contributed by atoms with Gasteiger partial charge in [-0.2, -0.15) is 13.2 Å². The summed E-state index contributed by atoms with van der Waals surface area (Å²) in [5.74, 6) is -0.868. The Kier molecular flexibility index (Phi) is 9.63. The van der Waals surface area contributed by atoms with E-state index in [9.17, 15) is 26.4 Å². The molecule has 0 saturated heterocycles. The maximum atomic E-state index is 13.1. The van der Waals surface area contributed by atoms with Gasteiger partial charge in [-0.25, -0.2) is 0 Å². The van der Waals surface area contributed by atoms with Crippen molar-refractivity contribution in [3.8, 4) is 0 Å². The summed E-state index contributed by atoms with van der Waals surface area (Å²) in [7, 11) is -3.26. The van der Waals surface area contributed by atoms with Crippen molar-refractivity contribution < 1.29 is 47.6 Å². The summed E-state index contributed by atoms with van der Waals surface area (Å²) in [6.45, 7) is 7.53. The van der Waals surface area contributed by atoms with Crippen molar-refractivity contribution in [1.29, 1.82) is 0 Å². The molecule has 1 saturated carbocycles. The molecule has 0 radical (unpaired) electrons. The van der Waals surface area contributed by atoms with E-state index in [1.807, 2.05) is 10.1 Å².